The van der Waals surface area contributed by atoms with Gasteiger partial charge in [0, 0.05) is 6.42 Å². The molecule has 1 spiro atoms. The number of hydrogen-bond donors (Lipinski definition) is 2. The molecule has 9 atom stereocenters. The van der Waals surface area contributed by atoms with Crippen LogP contribution >= 0.6 is 0 Å². The number of fused-ring (bicyclic) bond motifs is 5. The largest absolute Gasteiger partial charge is 0.481 e. The lowest BCUT2D eigenvalue weighted by Gasteiger charge is -2.68. The molecule has 5 aliphatic rings. The third-order valence-corrected chi connectivity index (χ3v) is 11.5. The molecule has 0 bridgehead atoms. The minimum absolute atomic E-state index is 0.00640. The van der Waals surface area contributed by atoms with Crippen LogP contribution in [0.1, 0.15) is 86.5 Å². The number of aliphatic carboxylic acids is 1. The predicted molar refractivity (Wildman–Crippen MR) is 129 cm³/mol. The average molecular weight is 471 g/mol. The summed E-state index contributed by atoms with van der Waals surface area (Å²) in [6.45, 7) is 13.3. The number of carboxylic acid groups (broad SMARTS) is 1. The summed E-state index contributed by atoms with van der Waals surface area (Å²) >= 11 is 0. The van der Waals surface area contributed by atoms with Gasteiger partial charge in [-0.25, -0.2) is 0 Å². The first-order valence-corrected chi connectivity index (χ1v) is 13.2. The van der Waals surface area contributed by atoms with E-state index in [0.29, 0.717) is 24.7 Å². The van der Waals surface area contributed by atoms with Gasteiger partial charge in [0.05, 0.1) is 10.8 Å². The Hall–Kier alpha value is -1.62. The fraction of sp³-hybridized carbons (Fsp3) is 0.793. The van der Waals surface area contributed by atoms with E-state index in [4.69, 9.17) is 4.74 Å². The zero-order valence-electron chi connectivity index (χ0n) is 21.7. The number of hydrogen-bond acceptors (Lipinski definition) is 4. The first kappa shape index (κ1) is 24.1. The van der Waals surface area contributed by atoms with Gasteiger partial charge >= 0.3 is 11.9 Å². The van der Waals surface area contributed by atoms with Crippen molar-refractivity contribution in [2.75, 3.05) is 0 Å². The van der Waals surface area contributed by atoms with Gasteiger partial charge in [0.25, 0.3) is 0 Å². The maximum Gasteiger partial charge on any atom is 0.315 e. The molecule has 34 heavy (non-hydrogen) atoms. The Morgan fingerprint density at radius 2 is 1.74 bits per heavy atom. The highest BCUT2D eigenvalue weighted by Gasteiger charge is 2.74. The minimum Gasteiger partial charge on any atom is -0.481 e. The zero-order valence-corrected chi connectivity index (χ0v) is 21.7. The minimum atomic E-state index is -1.09. The first-order valence-electron chi connectivity index (χ1n) is 13.2. The van der Waals surface area contributed by atoms with Crippen molar-refractivity contribution < 1.29 is 24.5 Å². The van der Waals surface area contributed by atoms with Crippen molar-refractivity contribution in [1.82, 2.24) is 0 Å². The van der Waals surface area contributed by atoms with E-state index in [9.17, 15) is 19.8 Å². The van der Waals surface area contributed by atoms with Crippen LogP contribution in [0.5, 0.6) is 0 Å². The molecule has 4 aliphatic carbocycles. The molecule has 0 aromatic heterocycles. The quantitative estimate of drug-likeness (QED) is 0.398. The molecule has 0 amide bonds. The Labute approximate surface area is 204 Å². The molecule has 0 radical (unpaired) electrons. The van der Waals surface area contributed by atoms with E-state index >= 15 is 0 Å². The van der Waals surface area contributed by atoms with Gasteiger partial charge in [0.15, 0.2) is 0 Å². The number of allylic oxidation sites excluding steroid dienone is 4. The highest BCUT2D eigenvalue weighted by Crippen LogP contribution is 2.76. The van der Waals surface area contributed by atoms with Crippen molar-refractivity contribution in [2.24, 2.45) is 50.7 Å². The molecule has 5 rings (SSSR count). The first-order chi connectivity index (χ1) is 15.7. The van der Waals surface area contributed by atoms with Crippen LogP contribution in [0.2, 0.25) is 0 Å². The lowest BCUT2D eigenvalue weighted by Crippen LogP contribution is -2.67. The van der Waals surface area contributed by atoms with Gasteiger partial charge in [-0.2, -0.15) is 0 Å². The number of carbonyl (C=O) groups excluding carboxylic acids is 1. The molecule has 188 valence electrons. The van der Waals surface area contributed by atoms with Gasteiger partial charge in [-0.05, 0) is 92.3 Å². The van der Waals surface area contributed by atoms with Crippen molar-refractivity contribution in [3.05, 3.63) is 23.8 Å². The summed E-state index contributed by atoms with van der Waals surface area (Å²) in [6.07, 6.45) is 10.8. The van der Waals surface area contributed by atoms with Gasteiger partial charge in [-0.1, -0.05) is 51.5 Å². The van der Waals surface area contributed by atoms with Gasteiger partial charge in [-0.3, -0.25) is 9.59 Å². The normalized spacial score (nSPS) is 50.8. The standard InChI is InChI=1S/C29H42O5/c1-17(2)15-19-18-7-8-21-26(5)12-11-25(3,4)20(26)9-10-27(21,6)29(18,23(31)32)14-13-28(19)16-22(30)34-24(28)33/h11-12,15,18-22,30H,7-10,13-14,16H2,1-6H3,(H,31,32)/t18-,19-,20+,21-,22+,26+,27-,28-,29-/m1/s1. The fourth-order valence-corrected chi connectivity index (χ4v) is 10.2. The molecule has 0 unspecified atom stereocenters. The monoisotopic (exact) mass is 470 g/mol. The highest BCUT2D eigenvalue weighted by atomic mass is 16.6. The summed E-state index contributed by atoms with van der Waals surface area (Å²) in [7, 11) is 0. The number of aliphatic hydroxyl groups is 1. The SMILES string of the molecule is CC(C)=C[C@@H]1[C@H]2CC[C@@H]3[C@@]4(C)C=CC(C)(C)[C@@H]4CC[C@@]3(C)[C@]2(C(=O)O)CC[C@@]12C[C@@H](O)OC2=O. The number of aliphatic hydroxyl groups excluding tert-OH is 1. The Balaban J connectivity index is 1.65. The number of rotatable bonds is 2. The molecule has 5 nitrogen and oxygen atoms in total. The summed E-state index contributed by atoms with van der Waals surface area (Å²) in [5.74, 6) is -0.584. The molecule has 1 heterocycles. The Kier molecular flexibility index (Phi) is 5.11. The Bertz CT molecular complexity index is 975. The molecule has 1 saturated heterocycles. The molecular formula is C29H42O5. The summed E-state index contributed by atoms with van der Waals surface area (Å²) in [5.41, 5.74) is -0.848. The Morgan fingerprint density at radius 1 is 1.03 bits per heavy atom. The lowest BCUT2D eigenvalue weighted by atomic mass is 9.34. The van der Waals surface area contributed by atoms with E-state index in [0.717, 1.165) is 31.3 Å². The van der Waals surface area contributed by atoms with E-state index in [1.807, 2.05) is 13.8 Å². The summed E-state index contributed by atoms with van der Waals surface area (Å²) < 4.78 is 5.30. The smallest absolute Gasteiger partial charge is 0.315 e. The van der Waals surface area contributed by atoms with Crippen LogP contribution in [0.15, 0.2) is 23.8 Å². The van der Waals surface area contributed by atoms with Crippen molar-refractivity contribution in [3.8, 4) is 0 Å². The second-order valence-corrected chi connectivity index (χ2v) is 13.5. The molecule has 5 heteroatoms. The molecule has 0 aromatic rings. The maximum atomic E-state index is 13.5. The molecular weight excluding hydrogens is 428 g/mol. The van der Waals surface area contributed by atoms with Crippen LogP contribution in [0, 0.1) is 50.7 Å². The number of esters is 1. The number of cyclic esters (lactones) is 1. The molecule has 2 N–H and O–H groups in total. The molecule has 0 aromatic carbocycles. The molecule has 3 saturated carbocycles. The third-order valence-electron chi connectivity index (χ3n) is 11.5. The van der Waals surface area contributed by atoms with E-state index in [-0.39, 0.29) is 40.5 Å². The van der Waals surface area contributed by atoms with E-state index in [2.05, 4.69) is 45.9 Å². The van der Waals surface area contributed by atoms with Crippen molar-refractivity contribution in [2.45, 2.75) is 92.8 Å². The maximum absolute atomic E-state index is 13.5. The van der Waals surface area contributed by atoms with Crippen LogP contribution in [0.3, 0.4) is 0 Å². The van der Waals surface area contributed by atoms with Crippen LogP contribution in [0.4, 0.5) is 0 Å². The highest BCUT2D eigenvalue weighted by molar-refractivity contribution is 5.82. The molecule has 4 fully saturated rings. The second-order valence-electron chi connectivity index (χ2n) is 13.5. The van der Waals surface area contributed by atoms with E-state index in [1.54, 1.807) is 0 Å². The molecule has 1 aliphatic heterocycles. The Morgan fingerprint density at radius 3 is 2.32 bits per heavy atom. The summed E-state index contributed by atoms with van der Waals surface area (Å²) in [6, 6.07) is 0. The zero-order chi connectivity index (χ0) is 24.9. The number of carboxylic acids is 1. The van der Waals surface area contributed by atoms with Gasteiger partial charge in [0.2, 0.25) is 6.29 Å². The van der Waals surface area contributed by atoms with Gasteiger partial charge in [0.1, 0.15) is 0 Å². The van der Waals surface area contributed by atoms with Crippen molar-refractivity contribution >= 4 is 11.9 Å². The number of carbonyl (C=O) groups is 2. The lowest BCUT2D eigenvalue weighted by molar-refractivity contribution is -0.225. The second kappa shape index (κ2) is 7.21. The number of ether oxygens (including phenoxy) is 1. The van der Waals surface area contributed by atoms with Crippen LogP contribution in [0.25, 0.3) is 0 Å². The van der Waals surface area contributed by atoms with E-state index in [1.165, 1.54) is 0 Å². The fourth-order valence-electron chi connectivity index (χ4n) is 10.2. The third kappa shape index (κ3) is 2.77. The topological polar surface area (TPSA) is 83.8 Å². The van der Waals surface area contributed by atoms with Crippen LogP contribution in [-0.4, -0.2) is 28.4 Å². The van der Waals surface area contributed by atoms with Gasteiger partial charge in [-0.15, -0.1) is 0 Å². The predicted octanol–water partition coefficient (Wildman–Crippen LogP) is 5.73. The van der Waals surface area contributed by atoms with Crippen molar-refractivity contribution in [1.29, 1.82) is 0 Å². The van der Waals surface area contributed by atoms with Gasteiger partial charge < -0.3 is 14.9 Å². The van der Waals surface area contributed by atoms with Crippen molar-refractivity contribution in [3.63, 3.8) is 0 Å². The van der Waals surface area contributed by atoms with Crippen LogP contribution in [-0.2, 0) is 14.3 Å². The summed E-state index contributed by atoms with van der Waals surface area (Å²) in [5, 5.41) is 21.3. The average Bonchev–Trinajstić information content (AvgIpc) is 3.15. The van der Waals surface area contributed by atoms with E-state index < -0.39 is 23.1 Å². The van der Waals surface area contributed by atoms with Crippen LogP contribution < -0.4 is 0 Å². The summed E-state index contributed by atoms with van der Waals surface area (Å²) in [4.78, 5) is 26.6.